The van der Waals surface area contributed by atoms with E-state index >= 15 is 0 Å². The number of aromatic nitrogens is 1. The summed E-state index contributed by atoms with van der Waals surface area (Å²) in [6.07, 6.45) is 6.34. The number of methoxy groups -OCH3 is 1. The summed E-state index contributed by atoms with van der Waals surface area (Å²) in [7, 11) is 1.68. The Hall–Kier alpha value is -3.71. The van der Waals surface area contributed by atoms with Crippen molar-refractivity contribution in [1.29, 1.82) is 0 Å². The van der Waals surface area contributed by atoms with Crippen molar-refractivity contribution in [1.82, 2.24) is 14.8 Å². The lowest BCUT2D eigenvalue weighted by molar-refractivity contribution is 0.101. The number of urea groups is 1. The molecular formula is C29H34N4O3. The average molecular weight is 487 g/mol. The number of ketones is 1. The van der Waals surface area contributed by atoms with Crippen LogP contribution in [0.2, 0.25) is 0 Å². The maximum atomic E-state index is 13.4. The number of hydrogen-bond donors (Lipinski definition) is 1. The maximum absolute atomic E-state index is 13.4. The number of carbonyl (C=O) groups excluding carboxylic acids is 2. The van der Waals surface area contributed by atoms with Crippen LogP contribution in [0.3, 0.4) is 0 Å². The maximum Gasteiger partial charge on any atom is 0.322 e. The number of Topliss-reactive ketones (excluding diaryl/α,β-unsaturated/α-hetero) is 1. The molecule has 188 valence electrons. The molecule has 1 saturated heterocycles. The fraction of sp³-hybridized carbons (Fsp3) is 0.345. The summed E-state index contributed by atoms with van der Waals surface area (Å²) in [4.78, 5) is 33.8. The van der Waals surface area contributed by atoms with E-state index in [1.165, 1.54) is 12.5 Å². The monoisotopic (exact) mass is 486 g/mol. The van der Waals surface area contributed by atoms with Crippen molar-refractivity contribution in [2.24, 2.45) is 0 Å². The van der Waals surface area contributed by atoms with Gasteiger partial charge in [-0.05, 0) is 67.6 Å². The Morgan fingerprint density at radius 1 is 1.06 bits per heavy atom. The van der Waals surface area contributed by atoms with Gasteiger partial charge in [0.15, 0.2) is 5.78 Å². The van der Waals surface area contributed by atoms with Crippen molar-refractivity contribution in [3.05, 3.63) is 89.7 Å². The summed E-state index contributed by atoms with van der Waals surface area (Å²) in [5.41, 5.74) is 3.49. The molecule has 3 aromatic rings. The zero-order valence-corrected chi connectivity index (χ0v) is 21.0. The third kappa shape index (κ3) is 6.92. The fourth-order valence-electron chi connectivity index (χ4n) is 4.60. The van der Waals surface area contributed by atoms with Gasteiger partial charge in [0, 0.05) is 55.9 Å². The lowest BCUT2D eigenvalue weighted by Gasteiger charge is -2.38. The van der Waals surface area contributed by atoms with Crippen LogP contribution in [0, 0.1) is 0 Å². The summed E-state index contributed by atoms with van der Waals surface area (Å²) in [5.74, 6) is 0.847. The molecule has 1 aliphatic rings. The molecule has 0 saturated carbocycles. The standard InChI is InChI=1S/C29H34N4O3/c1-22(34)25-6-3-7-26(19-25)31-29(35)33(21-24-5-4-15-30-20-24)27-13-17-32(18-14-27)16-12-23-8-10-28(36-2)11-9-23/h3-11,15,19-20,27H,12-14,16-18,21H2,1-2H3,(H,31,35). The van der Waals surface area contributed by atoms with Gasteiger partial charge in [-0.1, -0.05) is 30.3 Å². The molecule has 0 spiro atoms. The Balaban J connectivity index is 1.38. The lowest BCUT2D eigenvalue weighted by Crippen LogP contribution is -2.48. The van der Waals surface area contributed by atoms with E-state index in [2.05, 4.69) is 27.3 Å². The van der Waals surface area contributed by atoms with Gasteiger partial charge < -0.3 is 19.9 Å². The number of hydrogen-bond acceptors (Lipinski definition) is 5. The zero-order valence-electron chi connectivity index (χ0n) is 21.0. The van der Waals surface area contributed by atoms with E-state index < -0.39 is 0 Å². The van der Waals surface area contributed by atoms with E-state index in [1.54, 1.807) is 37.7 Å². The van der Waals surface area contributed by atoms with Crippen LogP contribution < -0.4 is 10.1 Å². The minimum absolute atomic E-state index is 0.0275. The van der Waals surface area contributed by atoms with Crippen LogP contribution in [-0.2, 0) is 13.0 Å². The van der Waals surface area contributed by atoms with E-state index in [0.717, 1.165) is 50.2 Å². The van der Waals surface area contributed by atoms with Crippen LogP contribution in [0.4, 0.5) is 10.5 Å². The van der Waals surface area contributed by atoms with E-state index in [0.29, 0.717) is 17.8 Å². The molecule has 4 rings (SSSR count). The third-order valence-corrected chi connectivity index (χ3v) is 6.73. The van der Waals surface area contributed by atoms with Gasteiger partial charge in [0.25, 0.3) is 0 Å². The number of anilines is 1. The van der Waals surface area contributed by atoms with Gasteiger partial charge in [0.2, 0.25) is 0 Å². The predicted octanol–water partition coefficient (Wildman–Crippen LogP) is 5.03. The van der Waals surface area contributed by atoms with Crippen molar-refractivity contribution in [3.63, 3.8) is 0 Å². The molecule has 0 bridgehead atoms. The molecule has 1 aliphatic heterocycles. The molecule has 2 heterocycles. The normalized spacial score (nSPS) is 14.3. The molecule has 7 heteroatoms. The first-order valence-corrected chi connectivity index (χ1v) is 12.4. The summed E-state index contributed by atoms with van der Waals surface area (Å²) in [6, 6.07) is 19.2. The minimum Gasteiger partial charge on any atom is -0.497 e. The number of ether oxygens (including phenoxy) is 1. The molecule has 36 heavy (non-hydrogen) atoms. The van der Waals surface area contributed by atoms with Crippen molar-refractivity contribution in [2.45, 2.75) is 38.8 Å². The summed E-state index contributed by atoms with van der Waals surface area (Å²) < 4.78 is 5.25. The largest absolute Gasteiger partial charge is 0.497 e. The number of pyridine rings is 1. The van der Waals surface area contributed by atoms with E-state index in [4.69, 9.17) is 4.74 Å². The lowest BCUT2D eigenvalue weighted by atomic mass is 10.0. The summed E-state index contributed by atoms with van der Waals surface area (Å²) >= 11 is 0. The molecule has 0 atom stereocenters. The Morgan fingerprint density at radius 3 is 2.50 bits per heavy atom. The number of amides is 2. The second kappa shape index (κ2) is 12.3. The second-order valence-corrected chi connectivity index (χ2v) is 9.23. The van der Waals surface area contributed by atoms with Crippen LogP contribution in [-0.4, -0.2) is 59.4 Å². The van der Waals surface area contributed by atoms with Gasteiger partial charge in [-0.2, -0.15) is 0 Å². The quantitative estimate of drug-likeness (QED) is 0.429. The molecule has 0 unspecified atom stereocenters. The highest BCUT2D eigenvalue weighted by molar-refractivity contribution is 5.96. The number of benzene rings is 2. The fourth-order valence-corrected chi connectivity index (χ4v) is 4.60. The van der Waals surface area contributed by atoms with Crippen LogP contribution in [0.15, 0.2) is 73.1 Å². The van der Waals surface area contributed by atoms with Gasteiger partial charge >= 0.3 is 6.03 Å². The number of piperidine rings is 1. The molecule has 7 nitrogen and oxygen atoms in total. The average Bonchev–Trinajstić information content (AvgIpc) is 2.92. The van der Waals surface area contributed by atoms with Crippen LogP contribution in [0.5, 0.6) is 5.75 Å². The van der Waals surface area contributed by atoms with E-state index in [-0.39, 0.29) is 17.9 Å². The number of likely N-dealkylation sites (tertiary alicyclic amines) is 1. The number of nitrogens with zero attached hydrogens (tertiary/aromatic N) is 3. The van der Waals surface area contributed by atoms with Crippen molar-refractivity contribution in [2.75, 3.05) is 32.1 Å². The molecular weight excluding hydrogens is 452 g/mol. The van der Waals surface area contributed by atoms with Crippen molar-refractivity contribution >= 4 is 17.5 Å². The second-order valence-electron chi connectivity index (χ2n) is 9.23. The van der Waals surface area contributed by atoms with Gasteiger partial charge in [-0.25, -0.2) is 4.79 Å². The first-order chi connectivity index (χ1) is 17.5. The summed E-state index contributed by atoms with van der Waals surface area (Å²) in [5, 5.41) is 3.01. The highest BCUT2D eigenvalue weighted by atomic mass is 16.5. The van der Waals surface area contributed by atoms with E-state index in [1.807, 2.05) is 35.2 Å². The molecule has 0 aliphatic carbocycles. The SMILES string of the molecule is COc1ccc(CCN2CCC(N(Cc3cccnc3)C(=O)Nc3cccc(C(C)=O)c3)CC2)cc1. The smallest absolute Gasteiger partial charge is 0.322 e. The number of rotatable bonds is 9. The highest BCUT2D eigenvalue weighted by Gasteiger charge is 2.28. The van der Waals surface area contributed by atoms with Gasteiger partial charge in [-0.15, -0.1) is 0 Å². The third-order valence-electron chi connectivity index (χ3n) is 6.73. The van der Waals surface area contributed by atoms with Crippen LogP contribution in [0.1, 0.15) is 41.3 Å². The zero-order chi connectivity index (χ0) is 25.3. The summed E-state index contributed by atoms with van der Waals surface area (Å²) in [6.45, 7) is 4.89. The highest BCUT2D eigenvalue weighted by Crippen LogP contribution is 2.22. The number of carbonyl (C=O) groups is 2. The van der Waals surface area contributed by atoms with E-state index in [9.17, 15) is 9.59 Å². The molecule has 1 fully saturated rings. The Bertz CT molecular complexity index is 1140. The first-order valence-electron chi connectivity index (χ1n) is 12.4. The Kier molecular flexibility index (Phi) is 8.68. The van der Waals surface area contributed by atoms with Crippen molar-refractivity contribution in [3.8, 4) is 5.75 Å². The Labute approximate surface area is 213 Å². The molecule has 2 aromatic carbocycles. The van der Waals surface area contributed by atoms with Crippen molar-refractivity contribution < 1.29 is 14.3 Å². The van der Waals surface area contributed by atoms with Crippen LogP contribution >= 0.6 is 0 Å². The molecule has 0 radical (unpaired) electrons. The Morgan fingerprint density at radius 2 is 1.83 bits per heavy atom. The first kappa shape index (κ1) is 25.4. The molecule has 1 aromatic heterocycles. The molecule has 2 amide bonds. The van der Waals surface area contributed by atoms with Gasteiger partial charge in [-0.3, -0.25) is 9.78 Å². The topological polar surface area (TPSA) is 74.8 Å². The molecule has 1 N–H and O–H groups in total. The number of nitrogens with one attached hydrogen (secondary N) is 1. The van der Waals surface area contributed by atoms with Gasteiger partial charge in [0.1, 0.15) is 5.75 Å². The predicted molar refractivity (Wildman–Crippen MR) is 141 cm³/mol. The minimum atomic E-state index is -0.156. The van der Waals surface area contributed by atoms with Crippen LogP contribution in [0.25, 0.3) is 0 Å². The van der Waals surface area contributed by atoms with Gasteiger partial charge in [0.05, 0.1) is 7.11 Å².